The Morgan fingerprint density at radius 2 is 2.00 bits per heavy atom. The normalized spacial score (nSPS) is 43.8. The topological polar surface area (TPSA) is 24.1 Å². The van der Waals surface area contributed by atoms with Crippen LogP contribution in [0.25, 0.3) is 0 Å². The minimum atomic E-state index is -2.47. The first-order valence-electron chi connectivity index (χ1n) is 3.53. The second-order valence-electron chi connectivity index (χ2n) is 2.99. The van der Waals surface area contributed by atoms with Crippen LogP contribution in [-0.2, 0) is 0 Å². The summed E-state index contributed by atoms with van der Waals surface area (Å²) in [5.41, 5.74) is 0. The smallest absolute Gasteiger partial charge is 0.269 e. The molecule has 0 aromatic carbocycles. The second kappa shape index (κ2) is 1.89. The van der Waals surface area contributed by atoms with E-state index in [1.807, 2.05) is 0 Å². The van der Waals surface area contributed by atoms with E-state index in [1.165, 1.54) is 0 Å². The molecule has 0 amide bonds. The summed E-state index contributed by atoms with van der Waals surface area (Å²) in [5.74, 6) is -2.95. The summed E-state index contributed by atoms with van der Waals surface area (Å²) in [4.78, 5) is 0. The third kappa shape index (κ3) is 0.689. The van der Waals surface area contributed by atoms with Gasteiger partial charge in [0.15, 0.2) is 0 Å². The lowest BCUT2D eigenvalue weighted by Crippen LogP contribution is -2.52. The molecule has 2 unspecified atom stereocenters. The molecule has 0 aliphatic carbocycles. The molecular formula is C6H10F2N2. The summed E-state index contributed by atoms with van der Waals surface area (Å²) >= 11 is 0. The molecule has 2 rings (SSSR count). The maximum absolute atomic E-state index is 13.0. The highest BCUT2D eigenvalue weighted by molar-refractivity contribution is 5.02. The lowest BCUT2D eigenvalue weighted by molar-refractivity contribution is -0.0634. The SMILES string of the molecule is FC1(F)C2CNCC1NC2. The zero-order valence-corrected chi connectivity index (χ0v) is 5.53. The summed E-state index contributed by atoms with van der Waals surface area (Å²) in [6.07, 6.45) is 0. The van der Waals surface area contributed by atoms with Crippen LogP contribution < -0.4 is 10.6 Å². The van der Waals surface area contributed by atoms with Gasteiger partial charge in [-0.25, -0.2) is 8.78 Å². The second-order valence-corrected chi connectivity index (χ2v) is 2.99. The van der Waals surface area contributed by atoms with Crippen LogP contribution in [0.5, 0.6) is 0 Å². The number of hydrogen-bond donors (Lipinski definition) is 2. The van der Waals surface area contributed by atoms with E-state index in [4.69, 9.17) is 0 Å². The third-order valence-electron chi connectivity index (χ3n) is 2.36. The number of rotatable bonds is 0. The number of halogens is 2. The first kappa shape index (κ1) is 6.49. The van der Waals surface area contributed by atoms with Crippen LogP contribution in [0.1, 0.15) is 0 Å². The molecule has 0 aromatic rings. The van der Waals surface area contributed by atoms with Crippen molar-refractivity contribution in [2.75, 3.05) is 19.6 Å². The van der Waals surface area contributed by atoms with Gasteiger partial charge in [0.1, 0.15) is 0 Å². The van der Waals surface area contributed by atoms with Gasteiger partial charge in [-0.05, 0) is 0 Å². The fraction of sp³-hybridized carbons (Fsp3) is 1.00. The zero-order valence-electron chi connectivity index (χ0n) is 5.53. The maximum Gasteiger partial charge on any atom is 0.269 e. The van der Waals surface area contributed by atoms with Crippen LogP contribution in [0.2, 0.25) is 0 Å². The Morgan fingerprint density at radius 3 is 2.60 bits per heavy atom. The predicted octanol–water partition coefficient (Wildman–Crippen LogP) is -0.187. The zero-order chi connectivity index (χ0) is 7.19. The predicted molar refractivity (Wildman–Crippen MR) is 33.1 cm³/mol. The van der Waals surface area contributed by atoms with E-state index in [0.717, 1.165) is 0 Å². The van der Waals surface area contributed by atoms with Crippen molar-refractivity contribution < 1.29 is 8.78 Å². The Kier molecular flexibility index (Phi) is 1.22. The number of alkyl halides is 2. The minimum Gasteiger partial charge on any atom is -0.314 e. The molecule has 58 valence electrons. The molecule has 0 saturated carbocycles. The first-order valence-corrected chi connectivity index (χ1v) is 3.53. The van der Waals surface area contributed by atoms with Crippen LogP contribution in [0.3, 0.4) is 0 Å². The standard InChI is InChI=1S/C6H10F2N2/c7-6(8)4-1-9-3-5(6)10-2-4/h4-5,9-10H,1-3H2. The summed E-state index contributed by atoms with van der Waals surface area (Å²) < 4.78 is 25.9. The number of nitrogens with one attached hydrogen (secondary N) is 2. The van der Waals surface area contributed by atoms with Crippen molar-refractivity contribution in [3.63, 3.8) is 0 Å². The molecule has 2 nitrogen and oxygen atoms in total. The monoisotopic (exact) mass is 148 g/mol. The van der Waals surface area contributed by atoms with Gasteiger partial charge in [-0.15, -0.1) is 0 Å². The molecule has 2 saturated heterocycles. The molecule has 10 heavy (non-hydrogen) atoms. The molecule has 2 fully saturated rings. The highest BCUT2D eigenvalue weighted by Gasteiger charge is 2.53. The Hall–Kier alpha value is -0.220. The maximum atomic E-state index is 13.0. The van der Waals surface area contributed by atoms with Gasteiger partial charge >= 0.3 is 0 Å². The Bertz CT molecular complexity index is 131. The van der Waals surface area contributed by atoms with Gasteiger partial charge in [0.2, 0.25) is 0 Å². The van der Waals surface area contributed by atoms with Crippen molar-refractivity contribution >= 4 is 0 Å². The fourth-order valence-corrected chi connectivity index (χ4v) is 1.66. The van der Waals surface area contributed by atoms with E-state index in [1.54, 1.807) is 0 Å². The molecule has 4 heteroatoms. The molecule has 2 aliphatic heterocycles. The van der Waals surface area contributed by atoms with Crippen LogP contribution in [0.4, 0.5) is 8.78 Å². The Balaban J connectivity index is 2.21. The highest BCUT2D eigenvalue weighted by atomic mass is 19.3. The average Bonchev–Trinajstić information content (AvgIpc) is 2.17. The lowest BCUT2D eigenvalue weighted by Gasteiger charge is -2.29. The molecule has 2 bridgehead atoms. The van der Waals surface area contributed by atoms with Gasteiger partial charge in [-0.3, -0.25) is 0 Å². The van der Waals surface area contributed by atoms with Gasteiger partial charge in [0.05, 0.1) is 6.04 Å². The summed E-state index contributed by atoms with van der Waals surface area (Å²) in [6, 6.07) is -0.619. The van der Waals surface area contributed by atoms with Crippen molar-refractivity contribution in [2.24, 2.45) is 5.92 Å². The molecule has 2 N–H and O–H groups in total. The van der Waals surface area contributed by atoms with E-state index >= 15 is 0 Å². The molecule has 2 heterocycles. The van der Waals surface area contributed by atoms with Crippen LogP contribution in [-0.4, -0.2) is 31.6 Å². The summed E-state index contributed by atoms with van der Waals surface area (Å²) in [7, 11) is 0. The summed E-state index contributed by atoms with van der Waals surface area (Å²) in [5, 5.41) is 5.76. The van der Waals surface area contributed by atoms with Crippen LogP contribution in [0, 0.1) is 5.92 Å². The van der Waals surface area contributed by atoms with E-state index in [0.29, 0.717) is 19.6 Å². The van der Waals surface area contributed by atoms with Gasteiger partial charge in [0, 0.05) is 25.6 Å². The van der Waals surface area contributed by atoms with E-state index in [2.05, 4.69) is 10.6 Å². The first-order chi connectivity index (χ1) is 4.71. The van der Waals surface area contributed by atoms with Crippen LogP contribution >= 0.6 is 0 Å². The number of fused-ring (bicyclic) bond motifs is 2. The van der Waals surface area contributed by atoms with Crippen molar-refractivity contribution in [1.29, 1.82) is 0 Å². The Morgan fingerprint density at radius 1 is 1.20 bits per heavy atom. The fourth-order valence-electron chi connectivity index (χ4n) is 1.66. The lowest BCUT2D eigenvalue weighted by atomic mass is 9.97. The molecule has 0 aromatic heterocycles. The number of hydrogen-bond acceptors (Lipinski definition) is 2. The summed E-state index contributed by atoms with van der Waals surface area (Å²) in [6.45, 7) is 1.32. The molecule has 0 radical (unpaired) electrons. The van der Waals surface area contributed by atoms with E-state index in [9.17, 15) is 8.78 Å². The third-order valence-corrected chi connectivity index (χ3v) is 2.36. The van der Waals surface area contributed by atoms with Crippen molar-refractivity contribution in [3.05, 3.63) is 0 Å². The van der Waals surface area contributed by atoms with E-state index < -0.39 is 17.9 Å². The minimum absolute atomic E-state index is 0.406. The largest absolute Gasteiger partial charge is 0.314 e. The van der Waals surface area contributed by atoms with Crippen molar-refractivity contribution in [2.45, 2.75) is 12.0 Å². The van der Waals surface area contributed by atoms with Crippen LogP contribution in [0.15, 0.2) is 0 Å². The molecule has 2 aliphatic rings. The van der Waals surface area contributed by atoms with E-state index in [-0.39, 0.29) is 0 Å². The molecular weight excluding hydrogens is 138 g/mol. The molecule has 0 spiro atoms. The highest BCUT2D eigenvalue weighted by Crippen LogP contribution is 2.34. The van der Waals surface area contributed by atoms with Crippen molar-refractivity contribution in [3.8, 4) is 0 Å². The van der Waals surface area contributed by atoms with Gasteiger partial charge in [-0.1, -0.05) is 0 Å². The van der Waals surface area contributed by atoms with Gasteiger partial charge < -0.3 is 10.6 Å². The van der Waals surface area contributed by atoms with Gasteiger partial charge in [-0.2, -0.15) is 0 Å². The molecule has 2 atom stereocenters. The quantitative estimate of drug-likeness (QED) is 0.497. The van der Waals surface area contributed by atoms with Gasteiger partial charge in [0.25, 0.3) is 5.92 Å². The van der Waals surface area contributed by atoms with Crippen molar-refractivity contribution in [1.82, 2.24) is 10.6 Å². The Labute approximate surface area is 58.0 Å². The average molecular weight is 148 g/mol. The number of piperidine rings is 1.